The molecule has 2 rings (SSSR count). The third kappa shape index (κ3) is 1.85. The van der Waals surface area contributed by atoms with Gasteiger partial charge in [0.2, 0.25) is 0 Å². The Morgan fingerprint density at radius 2 is 2.00 bits per heavy atom. The predicted octanol–water partition coefficient (Wildman–Crippen LogP) is 2.76. The van der Waals surface area contributed by atoms with Crippen LogP contribution in [0.25, 0.3) is 0 Å². The summed E-state index contributed by atoms with van der Waals surface area (Å²) in [6.07, 6.45) is 6.66. The Balaban J connectivity index is 2.18. The van der Waals surface area contributed by atoms with Crippen molar-refractivity contribution >= 4 is 15.9 Å². The van der Waals surface area contributed by atoms with Gasteiger partial charge in [0.15, 0.2) is 0 Å². The first-order valence-corrected chi connectivity index (χ1v) is 6.39. The van der Waals surface area contributed by atoms with Crippen molar-refractivity contribution in [3.63, 3.8) is 0 Å². The van der Waals surface area contributed by atoms with Crippen LogP contribution in [0.4, 0.5) is 0 Å². The summed E-state index contributed by atoms with van der Waals surface area (Å²) in [5, 5.41) is 9.26. The van der Waals surface area contributed by atoms with Gasteiger partial charge in [0.1, 0.15) is 11.6 Å². The highest BCUT2D eigenvalue weighted by atomic mass is 79.9. The fourth-order valence-electron chi connectivity index (χ4n) is 2.21. The minimum absolute atomic E-state index is 0.647. The van der Waals surface area contributed by atoms with Crippen LogP contribution in [0, 0.1) is 0 Å². The Morgan fingerprint density at radius 1 is 1.29 bits per heavy atom. The quantitative estimate of drug-likeness (QED) is 0.763. The summed E-state index contributed by atoms with van der Waals surface area (Å²) in [5.41, 5.74) is 0. The van der Waals surface area contributed by atoms with Gasteiger partial charge in [-0.3, -0.25) is 0 Å². The highest BCUT2D eigenvalue weighted by Gasteiger charge is 2.21. The smallest absolute Gasteiger partial charge is 0.143 e. The molecule has 1 saturated carbocycles. The minimum Gasteiger partial charge on any atom is -0.317 e. The fourth-order valence-corrected chi connectivity index (χ4v) is 2.70. The molecular formula is C10H16BrN3. The molecule has 1 fully saturated rings. The number of rotatable bonds is 2. The van der Waals surface area contributed by atoms with Crippen LogP contribution in [0.5, 0.6) is 0 Å². The normalized spacial score (nSPS) is 18.7. The summed E-state index contributed by atoms with van der Waals surface area (Å²) in [5.74, 6) is 2.86. The van der Waals surface area contributed by atoms with Gasteiger partial charge in [-0.15, -0.1) is 10.2 Å². The average molecular weight is 258 g/mol. The zero-order valence-corrected chi connectivity index (χ0v) is 10.1. The fraction of sp³-hybridized carbons (Fsp3) is 0.800. The molecule has 0 amide bonds. The number of halogens is 1. The van der Waals surface area contributed by atoms with Crippen molar-refractivity contribution in [2.24, 2.45) is 7.05 Å². The third-order valence-corrected chi connectivity index (χ3v) is 3.59. The van der Waals surface area contributed by atoms with Crippen LogP contribution in [-0.2, 0) is 12.4 Å². The Labute approximate surface area is 93.0 Å². The van der Waals surface area contributed by atoms with Gasteiger partial charge in [0.05, 0.1) is 5.33 Å². The van der Waals surface area contributed by atoms with E-state index in [1.54, 1.807) is 0 Å². The molecule has 1 aromatic rings. The highest BCUT2D eigenvalue weighted by molar-refractivity contribution is 9.08. The van der Waals surface area contributed by atoms with Crippen molar-refractivity contribution < 1.29 is 0 Å². The molecular weight excluding hydrogens is 242 g/mol. The van der Waals surface area contributed by atoms with Crippen molar-refractivity contribution in [2.45, 2.75) is 43.4 Å². The molecule has 0 radical (unpaired) electrons. The molecule has 0 bridgehead atoms. The zero-order valence-electron chi connectivity index (χ0n) is 8.54. The first kappa shape index (κ1) is 10.1. The summed E-state index contributed by atoms with van der Waals surface area (Å²) >= 11 is 3.42. The molecule has 0 unspecified atom stereocenters. The summed E-state index contributed by atoms with van der Waals surface area (Å²) in [6.45, 7) is 0. The van der Waals surface area contributed by atoms with Gasteiger partial charge in [-0.1, -0.05) is 35.2 Å². The maximum atomic E-state index is 4.29. The van der Waals surface area contributed by atoms with E-state index in [4.69, 9.17) is 0 Å². The molecule has 0 saturated heterocycles. The van der Waals surface area contributed by atoms with Gasteiger partial charge in [-0.2, -0.15) is 0 Å². The summed E-state index contributed by atoms with van der Waals surface area (Å²) in [6, 6.07) is 0. The summed E-state index contributed by atoms with van der Waals surface area (Å²) in [7, 11) is 2.07. The maximum Gasteiger partial charge on any atom is 0.143 e. The number of aromatic nitrogens is 3. The highest BCUT2D eigenvalue weighted by Crippen LogP contribution is 2.31. The predicted molar refractivity (Wildman–Crippen MR) is 59.5 cm³/mol. The monoisotopic (exact) mass is 257 g/mol. The van der Waals surface area contributed by atoms with Gasteiger partial charge < -0.3 is 4.57 Å². The lowest BCUT2D eigenvalue weighted by molar-refractivity contribution is 0.420. The SMILES string of the molecule is Cn1c(CBr)nnc1C1CCCCC1. The van der Waals surface area contributed by atoms with Crippen molar-refractivity contribution in [2.75, 3.05) is 0 Å². The Kier molecular flexibility index (Phi) is 3.21. The van der Waals surface area contributed by atoms with E-state index in [1.165, 1.54) is 37.9 Å². The third-order valence-electron chi connectivity index (χ3n) is 3.09. The number of hydrogen-bond acceptors (Lipinski definition) is 2. The molecule has 1 heterocycles. The number of hydrogen-bond donors (Lipinski definition) is 0. The van der Waals surface area contributed by atoms with Crippen molar-refractivity contribution in [3.05, 3.63) is 11.6 Å². The molecule has 1 aliphatic carbocycles. The molecule has 78 valence electrons. The average Bonchev–Trinajstić information content (AvgIpc) is 2.61. The van der Waals surface area contributed by atoms with Crippen LogP contribution < -0.4 is 0 Å². The second-order valence-corrected chi connectivity index (χ2v) is 4.56. The molecule has 0 aromatic carbocycles. The van der Waals surface area contributed by atoms with E-state index in [0.29, 0.717) is 5.92 Å². The molecule has 0 spiro atoms. The Morgan fingerprint density at radius 3 is 2.57 bits per heavy atom. The van der Waals surface area contributed by atoms with Crippen LogP contribution >= 0.6 is 15.9 Å². The lowest BCUT2D eigenvalue weighted by atomic mass is 9.89. The molecule has 14 heavy (non-hydrogen) atoms. The first-order chi connectivity index (χ1) is 6.83. The van der Waals surface area contributed by atoms with Crippen molar-refractivity contribution in [1.29, 1.82) is 0 Å². The molecule has 1 aromatic heterocycles. The second kappa shape index (κ2) is 4.43. The summed E-state index contributed by atoms with van der Waals surface area (Å²) in [4.78, 5) is 0. The van der Waals surface area contributed by atoms with Gasteiger partial charge >= 0.3 is 0 Å². The Hall–Kier alpha value is -0.380. The molecule has 0 atom stereocenters. The van der Waals surface area contributed by atoms with Crippen LogP contribution in [0.1, 0.15) is 49.7 Å². The van der Waals surface area contributed by atoms with E-state index in [0.717, 1.165) is 11.2 Å². The van der Waals surface area contributed by atoms with E-state index in [9.17, 15) is 0 Å². The minimum atomic E-state index is 0.647. The number of alkyl halides is 1. The standard InChI is InChI=1S/C10H16BrN3/c1-14-9(7-11)12-13-10(14)8-5-3-2-4-6-8/h8H,2-7H2,1H3. The lowest BCUT2D eigenvalue weighted by Gasteiger charge is -2.20. The van der Waals surface area contributed by atoms with E-state index in [1.807, 2.05) is 0 Å². The van der Waals surface area contributed by atoms with Crippen molar-refractivity contribution in [3.8, 4) is 0 Å². The zero-order chi connectivity index (χ0) is 9.97. The second-order valence-electron chi connectivity index (χ2n) is 4.00. The Bertz CT molecular complexity index is 302. The van der Waals surface area contributed by atoms with E-state index >= 15 is 0 Å². The van der Waals surface area contributed by atoms with Crippen LogP contribution in [-0.4, -0.2) is 14.8 Å². The maximum absolute atomic E-state index is 4.29. The van der Waals surface area contributed by atoms with Gasteiger partial charge in [-0.05, 0) is 12.8 Å². The van der Waals surface area contributed by atoms with Crippen LogP contribution in [0.15, 0.2) is 0 Å². The molecule has 4 heteroatoms. The van der Waals surface area contributed by atoms with Gasteiger partial charge in [0, 0.05) is 13.0 Å². The van der Waals surface area contributed by atoms with E-state index in [2.05, 4.69) is 37.7 Å². The molecule has 1 aliphatic rings. The van der Waals surface area contributed by atoms with Crippen LogP contribution in [0.2, 0.25) is 0 Å². The van der Waals surface area contributed by atoms with Gasteiger partial charge in [0.25, 0.3) is 0 Å². The molecule has 0 aliphatic heterocycles. The molecule has 0 N–H and O–H groups in total. The summed E-state index contributed by atoms with van der Waals surface area (Å²) < 4.78 is 2.14. The van der Waals surface area contributed by atoms with Gasteiger partial charge in [-0.25, -0.2) is 0 Å². The largest absolute Gasteiger partial charge is 0.317 e. The lowest BCUT2D eigenvalue weighted by Crippen LogP contribution is -2.11. The molecule has 3 nitrogen and oxygen atoms in total. The van der Waals surface area contributed by atoms with Crippen LogP contribution in [0.3, 0.4) is 0 Å². The van der Waals surface area contributed by atoms with E-state index < -0.39 is 0 Å². The first-order valence-electron chi connectivity index (χ1n) is 5.27. The van der Waals surface area contributed by atoms with Crippen molar-refractivity contribution in [1.82, 2.24) is 14.8 Å². The topological polar surface area (TPSA) is 30.7 Å². The van der Waals surface area contributed by atoms with E-state index in [-0.39, 0.29) is 0 Å². The number of nitrogens with zero attached hydrogens (tertiary/aromatic N) is 3.